The van der Waals surface area contributed by atoms with Crippen molar-refractivity contribution in [2.24, 2.45) is 0 Å². The molecule has 0 atom stereocenters. The van der Waals surface area contributed by atoms with Gasteiger partial charge >= 0.3 is 6.03 Å². The van der Waals surface area contributed by atoms with Gasteiger partial charge in [-0.2, -0.15) is 0 Å². The van der Waals surface area contributed by atoms with E-state index in [1.807, 2.05) is 0 Å². The molecule has 1 aromatic carbocycles. The Kier molecular flexibility index (Phi) is 6.96. The number of urea groups is 1. The van der Waals surface area contributed by atoms with Gasteiger partial charge in [0.05, 0.1) is 16.7 Å². The molecule has 0 aliphatic heterocycles. The Morgan fingerprint density at radius 3 is 2.80 bits per heavy atom. The first-order valence-electron chi connectivity index (χ1n) is 7.87. The van der Waals surface area contributed by atoms with Crippen LogP contribution in [0.25, 0.3) is 10.9 Å². The minimum atomic E-state index is -0.558. The third-order valence-corrected chi connectivity index (χ3v) is 4.27. The van der Waals surface area contributed by atoms with Crippen molar-refractivity contribution >= 4 is 34.6 Å². The zero-order valence-corrected chi connectivity index (χ0v) is 14.6. The van der Waals surface area contributed by atoms with Gasteiger partial charge in [-0.3, -0.25) is 19.5 Å². The van der Waals surface area contributed by atoms with Gasteiger partial charge in [0.1, 0.15) is 0 Å². The molecule has 3 N–H and O–H groups in total. The molecule has 0 spiro atoms. The first-order valence-corrected chi connectivity index (χ1v) is 8.86. The number of aliphatic hydroxyl groups is 1. The summed E-state index contributed by atoms with van der Waals surface area (Å²) in [5.74, 6) is -0.534. The average molecular weight is 364 g/mol. The molecular weight excluding hydrogens is 344 g/mol. The highest BCUT2D eigenvalue weighted by Gasteiger charge is 2.14. The number of carbonyl (C=O) groups excluding carboxylic acids is 2. The van der Waals surface area contributed by atoms with Gasteiger partial charge in [0.2, 0.25) is 5.91 Å². The molecule has 0 bridgehead atoms. The van der Waals surface area contributed by atoms with Crippen LogP contribution in [0.2, 0.25) is 0 Å². The molecule has 0 radical (unpaired) electrons. The normalized spacial score (nSPS) is 10.6. The number of fused-ring (bicyclic) bond motifs is 1. The van der Waals surface area contributed by atoms with Crippen LogP contribution < -0.4 is 16.2 Å². The highest BCUT2D eigenvalue weighted by molar-refractivity contribution is 7.99. The minimum absolute atomic E-state index is 0.0545. The lowest BCUT2D eigenvalue weighted by Crippen LogP contribution is -2.40. The Labute approximate surface area is 148 Å². The predicted molar refractivity (Wildman–Crippen MR) is 95.6 cm³/mol. The molecule has 1 aromatic heterocycles. The minimum Gasteiger partial charge on any atom is -0.396 e. The van der Waals surface area contributed by atoms with Gasteiger partial charge in [-0.25, -0.2) is 9.78 Å². The largest absolute Gasteiger partial charge is 0.396 e. The van der Waals surface area contributed by atoms with Crippen molar-refractivity contribution in [3.63, 3.8) is 0 Å². The zero-order chi connectivity index (χ0) is 18.2. The molecular formula is C16H20N4O4S. The van der Waals surface area contributed by atoms with E-state index >= 15 is 0 Å². The Bertz CT molecular complexity index is 821. The van der Waals surface area contributed by atoms with Crippen LogP contribution in [0.3, 0.4) is 0 Å². The van der Waals surface area contributed by atoms with E-state index in [1.54, 1.807) is 31.2 Å². The van der Waals surface area contributed by atoms with Crippen molar-refractivity contribution in [3.8, 4) is 0 Å². The monoisotopic (exact) mass is 364 g/mol. The lowest BCUT2D eigenvalue weighted by atomic mass is 10.2. The standard InChI is InChI=1S/C16H20N4O4S/c1-2-17-15(24)19-13(22)10-25-16-18-12-7-4-3-6-11(12)14(23)20(16)8-5-9-21/h3-4,6-7,21H,2,5,8-10H2,1H3,(H2,17,19,22,24). The first-order chi connectivity index (χ1) is 12.1. The van der Waals surface area contributed by atoms with Crippen LogP contribution in [0, 0.1) is 0 Å². The van der Waals surface area contributed by atoms with Gasteiger partial charge in [0.25, 0.3) is 5.56 Å². The maximum Gasteiger partial charge on any atom is 0.321 e. The number of aromatic nitrogens is 2. The summed E-state index contributed by atoms with van der Waals surface area (Å²) in [5, 5.41) is 14.6. The second-order valence-corrected chi connectivity index (χ2v) is 6.08. The molecule has 2 rings (SSSR count). The number of rotatable bonds is 7. The summed E-state index contributed by atoms with van der Waals surface area (Å²) in [6, 6.07) is 6.40. The number of hydrogen-bond donors (Lipinski definition) is 3. The fraction of sp³-hybridized carbons (Fsp3) is 0.375. The van der Waals surface area contributed by atoms with E-state index in [0.717, 1.165) is 11.8 Å². The van der Waals surface area contributed by atoms with E-state index < -0.39 is 11.9 Å². The second-order valence-electron chi connectivity index (χ2n) is 5.14. The molecule has 25 heavy (non-hydrogen) atoms. The number of carbonyl (C=O) groups is 2. The van der Waals surface area contributed by atoms with Crippen LogP contribution in [-0.2, 0) is 11.3 Å². The lowest BCUT2D eigenvalue weighted by molar-refractivity contribution is -0.117. The Hall–Kier alpha value is -2.39. The Morgan fingerprint density at radius 1 is 1.32 bits per heavy atom. The number of aliphatic hydroxyl groups excluding tert-OH is 1. The van der Waals surface area contributed by atoms with Crippen LogP contribution in [0.5, 0.6) is 0 Å². The molecule has 9 heteroatoms. The molecule has 0 aliphatic carbocycles. The van der Waals surface area contributed by atoms with Gasteiger partial charge in [0.15, 0.2) is 5.16 Å². The predicted octanol–water partition coefficient (Wildman–Crippen LogP) is 0.717. The number of para-hydroxylation sites is 1. The van der Waals surface area contributed by atoms with Gasteiger partial charge < -0.3 is 10.4 Å². The maximum absolute atomic E-state index is 12.6. The number of benzene rings is 1. The summed E-state index contributed by atoms with van der Waals surface area (Å²) >= 11 is 1.07. The number of hydrogen-bond acceptors (Lipinski definition) is 6. The van der Waals surface area contributed by atoms with Crippen molar-refractivity contribution < 1.29 is 14.7 Å². The molecule has 1 heterocycles. The number of amides is 3. The fourth-order valence-corrected chi connectivity index (χ4v) is 3.01. The maximum atomic E-state index is 12.6. The van der Waals surface area contributed by atoms with Crippen molar-refractivity contribution in [2.45, 2.75) is 25.0 Å². The van der Waals surface area contributed by atoms with Gasteiger partial charge in [-0.05, 0) is 25.5 Å². The number of imide groups is 1. The fourth-order valence-electron chi connectivity index (χ4n) is 2.18. The molecule has 0 aliphatic rings. The van der Waals surface area contributed by atoms with Gasteiger partial charge in [0, 0.05) is 19.7 Å². The number of nitrogens with zero attached hydrogens (tertiary/aromatic N) is 2. The van der Waals surface area contributed by atoms with Crippen molar-refractivity contribution in [3.05, 3.63) is 34.6 Å². The van der Waals surface area contributed by atoms with E-state index in [0.29, 0.717) is 35.6 Å². The smallest absolute Gasteiger partial charge is 0.321 e. The van der Waals surface area contributed by atoms with Crippen LogP contribution in [0.15, 0.2) is 34.2 Å². The van der Waals surface area contributed by atoms with Gasteiger partial charge in [-0.15, -0.1) is 0 Å². The summed E-state index contributed by atoms with van der Waals surface area (Å²) < 4.78 is 1.45. The third kappa shape index (κ3) is 5.04. The summed E-state index contributed by atoms with van der Waals surface area (Å²) in [6.45, 7) is 2.41. The zero-order valence-electron chi connectivity index (χ0n) is 13.8. The summed E-state index contributed by atoms with van der Waals surface area (Å²) in [6.07, 6.45) is 0.401. The van der Waals surface area contributed by atoms with E-state index in [2.05, 4.69) is 15.6 Å². The quantitative estimate of drug-likeness (QED) is 0.493. The van der Waals surface area contributed by atoms with E-state index in [9.17, 15) is 14.4 Å². The SMILES string of the molecule is CCNC(=O)NC(=O)CSc1nc2ccccc2c(=O)n1CCCO. The van der Waals surface area contributed by atoms with E-state index in [4.69, 9.17) is 5.11 Å². The summed E-state index contributed by atoms with van der Waals surface area (Å²) in [7, 11) is 0. The lowest BCUT2D eigenvalue weighted by Gasteiger charge is -2.12. The van der Waals surface area contributed by atoms with Crippen LogP contribution >= 0.6 is 11.8 Å². The van der Waals surface area contributed by atoms with Crippen LogP contribution in [-0.4, -0.2) is 45.5 Å². The molecule has 3 amide bonds. The van der Waals surface area contributed by atoms with Crippen LogP contribution in [0.1, 0.15) is 13.3 Å². The average Bonchev–Trinajstić information content (AvgIpc) is 2.59. The van der Waals surface area contributed by atoms with Crippen LogP contribution in [0.4, 0.5) is 4.79 Å². The molecule has 134 valence electrons. The highest BCUT2D eigenvalue weighted by atomic mass is 32.2. The van der Waals surface area contributed by atoms with Crippen molar-refractivity contribution in [2.75, 3.05) is 18.9 Å². The topological polar surface area (TPSA) is 113 Å². The highest BCUT2D eigenvalue weighted by Crippen LogP contribution is 2.17. The number of thioether (sulfide) groups is 1. The molecule has 2 aromatic rings. The van der Waals surface area contributed by atoms with Crippen molar-refractivity contribution in [1.29, 1.82) is 0 Å². The summed E-state index contributed by atoms with van der Waals surface area (Å²) in [4.78, 5) is 40.2. The second kappa shape index (κ2) is 9.19. The Morgan fingerprint density at radius 2 is 2.08 bits per heavy atom. The third-order valence-electron chi connectivity index (χ3n) is 3.29. The molecule has 0 unspecified atom stereocenters. The van der Waals surface area contributed by atoms with Crippen molar-refractivity contribution in [1.82, 2.24) is 20.2 Å². The Balaban J connectivity index is 2.22. The molecule has 0 fully saturated rings. The van der Waals surface area contributed by atoms with E-state index in [-0.39, 0.29) is 17.9 Å². The first kappa shape index (κ1) is 18.9. The molecule has 8 nitrogen and oxygen atoms in total. The van der Waals surface area contributed by atoms with E-state index in [1.165, 1.54) is 4.57 Å². The molecule has 0 saturated carbocycles. The van der Waals surface area contributed by atoms with Gasteiger partial charge in [-0.1, -0.05) is 23.9 Å². The molecule has 0 saturated heterocycles. The number of nitrogens with one attached hydrogen (secondary N) is 2. The summed E-state index contributed by atoms with van der Waals surface area (Å²) in [5.41, 5.74) is 0.324.